The maximum atomic E-state index is 10.9. The van der Waals surface area contributed by atoms with E-state index in [2.05, 4.69) is 91.9 Å². The largest absolute Gasteiger partial charge is 0.290 e. The first kappa shape index (κ1) is 30.5. The molecule has 204 valence electrons. The van der Waals surface area contributed by atoms with E-state index in [0.29, 0.717) is 11.1 Å². The summed E-state index contributed by atoms with van der Waals surface area (Å²) in [6.07, 6.45) is 14.9. The predicted octanol–water partition coefficient (Wildman–Crippen LogP) is 8.16. The summed E-state index contributed by atoms with van der Waals surface area (Å²) in [5.74, 6) is -0.116. The van der Waals surface area contributed by atoms with Crippen molar-refractivity contribution >= 4 is 35.4 Å². The molecule has 0 aliphatic heterocycles. The Balaban J connectivity index is 0.000000353. The molecule has 3 aromatic rings. The lowest BCUT2D eigenvalue weighted by Crippen LogP contribution is -2.20. The average molecular weight is 539 g/mol. The fraction of sp³-hybridized carbons (Fsp3) is 0.333. The summed E-state index contributed by atoms with van der Waals surface area (Å²) in [6, 6.07) is 31.4. The van der Waals surface area contributed by atoms with Gasteiger partial charge in [-0.05, 0) is 68.2 Å². The van der Waals surface area contributed by atoms with Gasteiger partial charge < -0.3 is 0 Å². The first-order chi connectivity index (χ1) is 19.0. The minimum absolute atomic E-state index is 0.0582. The number of hydrogen-bond acceptors (Lipinski definition) is 2. The summed E-state index contributed by atoms with van der Waals surface area (Å²) >= 11 is 0. The summed E-state index contributed by atoms with van der Waals surface area (Å²) in [6.45, 7) is 5.62. The predicted molar refractivity (Wildman–Crippen MR) is 169 cm³/mol. The standard InChI is InChI=1S/C28H35P.C8H8O2/c1-2-3-4-5-6-7-8-11-17-25-18-16-23-28(24-25)29(26-19-12-9-13-20-26)27-21-14-10-15-22-27;1-5-6(2)8(10)4-3-7(5)9/h9-10,12-16,18-24H,2-8,11,17H2,1H3;3-4H,1-2H3. The van der Waals surface area contributed by atoms with Crippen LogP contribution in [0.25, 0.3) is 0 Å². The van der Waals surface area contributed by atoms with Gasteiger partial charge in [-0.2, -0.15) is 0 Å². The van der Waals surface area contributed by atoms with E-state index in [0.717, 1.165) is 0 Å². The summed E-state index contributed by atoms with van der Waals surface area (Å²) < 4.78 is 0. The molecular weight excluding hydrogens is 495 g/mol. The lowest BCUT2D eigenvalue weighted by Gasteiger charge is -2.20. The number of carbonyl (C=O) groups excluding carboxylic acids is 2. The van der Waals surface area contributed by atoms with Crippen LogP contribution in [0.2, 0.25) is 0 Å². The molecule has 0 atom stereocenters. The molecule has 0 amide bonds. The van der Waals surface area contributed by atoms with Crippen molar-refractivity contribution < 1.29 is 9.59 Å². The van der Waals surface area contributed by atoms with Crippen molar-refractivity contribution in [3.63, 3.8) is 0 Å². The third-order valence-electron chi connectivity index (χ3n) is 7.20. The number of benzene rings is 3. The highest BCUT2D eigenvalue weighted by atomic mass is 31.1. The molecule has 4 rings (SSSR count). The van der Waals surface area contributed by atoms with E-state index in [-0.39, 0.29) is 11.6 Å². The molecular formula is C36H43O2P. The van der Waals surface area contributed by atoms with E-state index in [9.17, 15) is 9.59 Å². The van der Waals surface area contributed by atoms with Gasteiger partial charge in [0.05, 0.1) is 0 Å². The van der Waals surface area contributed by atoms with Crippen LogP contribution < -0.4 is 15.9 Å². The quantitative estimate of drug-likeness (QED) is 0.132. The first-order valence-corrected chi connectivity index (χ1v) is 15.8. The van der Waals surface area contributed by atoms with Gasteiger partial charge in [-0.3, -0.25) is 9.59 Å². The van der Waals surface area contributed by atoms with Crippen LogP contribution in [0.1, 0.15) is 77.7 Å². The van der Waals surface area contributed by atoms with E-state index < -0.39 is 7.92 Å². The number of unbranched alkanes of at least 4 members (excludes halogenated alkanes) is 7. The number of carbonyl (C=O) groups is 2. The molecule has 0 heterocycles. The lowest BCUT2D eigenvalue weighted by atomic mass is 9.98. The van der Waals surface area contributed by atoms with Crippen molar-refractivity contribution in [2.24, 2.45) is 0 Å². The van der Waals surface area contributed by atoms with Crippen molar-refractivity contribution in [3.8, 4) is 0 Å². The normalized spacial score (nSPS) is 13.0. The fourth-order valence-corrected chi connectivity index (χ4v) is 7.05. The molecule has 0 saturated heterocycles. The van der Waals surface area contributed by atoms with Gasteiger partial charge in [-0.15, -0.1) is 0 Å². The molecule has 3 heteroatoms. The van der Waals surface area contributed by atoms with E-state index >= 15 is 0 Å². The van der Waals surface area contributed by atoms with E-state index in [1.54, 1.807) is 13.8 Å². The molecule has 0 saturated carbocycles. The minimum Gasteiger partial charge on any atom is -0.290 e. The molecule has 39 heavy (non-hydrogen) atoms. The zero-order chi connectivity index (χ0) is 27.9. The second-order valence-electron chi connectivity index (χ2n) is 10.2. The van der Waals surface area contributed by atoms with Gasteiger partial charge in [0.15, 0.2) is 11.6 Å². The molecule has 1 aliphatic carbocycles. The number of aryl methyl sites for hydroxylation is 1. The molecule has 2 nitrogen and oxygen atoms in total. The molecule has 0 unspecified atom stereocenters. The maximum Gasteiger partial charge on any atom is 0.182 e. The zero-order valence-corrected chi connectivity index (χ0v) is 24.8. The third-order valence-corrected chi connectivity index (χ3v) is 9.63. The monoisotopic (exact) mass is 538 g/mol. The summed E-state index contributed by atoms with van der Waals surface area (Å²) in [7, 11) is -0.493. The van der Waals surface area contributed by atoms with E-state index in [1.165, 1.54) is 91.4 Å². The number of rotatable bonds is 12. The van der Waals surface area contributed by atoms with Gasteiger partial charge in [-0.25, -0.2) is 0 Å². The average Bonchev–Trinajstić information content (AvgIpc) is 2.97. The van der Waals surface area contributed by atoms with Gasteiger partial charge in [0.2, 0.25) is 0 Å². The van der Waals surface area contributed by atoms with E-state index in [1.807, 2.05) is 0 Å². The summed E-state index contributed by atoms with van der Waals surface area (Å²) in [5.41, 5.74) is 2.62. The Bertz CT molecular complexity index is 1180. The fourth-order valence-electron chi connectivity index (χ4n) is 4.69. The van der Waals surface area contributed by atoms with Gasteiger partial charge in [0, 0.05) is 11.1 Å². The van der Waals surface area contributed by atoms with Gasteiger partial charge in [0.25, 0.3) is 0 Å². The Morgan fingerprint density at radius 2 is 1.00 bits per heavy atom. The van der Waals surface area contributed by atoms with Crippen LogP contribution in [-0.2, 0) is 16.0 Å². The van der Waals surface area contributed by atoms with Crippen LogP contribution in [-0.4, -0.2) is 11.6 Å². The molecule has 0 aromatic heterocycles. The summed E-state index contributed by atoms with van der Waals surface area (Å²) in [5, 5.41) is 4.32. The second-order valence-corrected chi connectivity index (χ2v) is 12.4. The van der Waals surface area contributed by atoms with Crippen LogP contribution in [0, 0.1) is 0 Å². The van der Waals surface area contributed by atoms with Crippen molar-refractivity contribution in [3.05, 3.63) is 114 Å². The van der Waals surface area contributed by atoms with Crippen LogP contribution >= 0.6 is 7.92 Å². The van der Waals surface area contributed by atoms with Crippen molar-refractivity contribution in [1.82, 2.24) is 0 Å². The van der Waals surface area contributed by atoms with E-state index in [4.69, 9.17) is 0 Å². The molecule has 0 bridgehead atoms. The van der Waals surface area contributed by atoms with Crippen LogP contribution in [0.4, 0.5) is 0 Å². The van der Waals surface area contributed by atoms with Crippen LogP contribution in [0.15, 0.2) is 108 Å². The Kier molecular flexibility index (Phi) is 13.1. The van der Waals surface area contributed by atoms with Crippen LogP contribution in [0.5, 0.6) is 0 Å². The topological polar surface area (TPSA) is 34.1 Å². The molecule has 3 aromatic carbocycles. The molecule has 0 fully saturated rings. The highest BCUT2D eigenvalue weighted by molar-refractivity contribution is 7.79. The highest BCUT2D eigenvalue weighted by Gasteiger charge is 2.16. The van der Waals surface area contributed by atoms with Gasteiger partial charge in [-0.1, -0.05) is 137 Å². The number of ketones is 2. The molecule has 0 radical (unpaired) electrons. The lowest BCUT2D eigenvalue weighted by molar-refractivity contribution is -0.115. The zero-order valence-electron chi connectivity index (χ0n) is 23.9. The second kappa shape index (κ2) is 16.8. The van der Waals surface area contributed by atoms with Gasteiger partial charge >= 0.3 is 0 Å². The maximum absolute atomic E-state index is 10.9. The van der Waals surface area contributed by atoms with Crippen molar-refractivity contribution in [1.29, 1.82) is 0 Å². The Labute approximate surface area is 237 Å². The van der Waals surface area contributed by atoms with Gasteiger partial charge in [0.1, 0.15) is 0 Å². The number of allylic oxidation sites excluding steroid dienone is 4. The molecule has 1 aliphatic rings. The Hall–Kier alpha value is -3.09. The first-order valence-electron chi connectivity index (χ1n) is 14.4. The Morgan fingerprint density at radius 1 is 0.538 bits per heavy atom. The number of hydrogen-bond donors (Lipinski definition) is 0. The molecule has 0 N–H and O–H groups in total. The minimum atomic E-state index is -0.493. The Morgan fingerprint density at radius 3 is 1.51 bits per heavy atom. The van der Waals surface area contributed by atoms with Crippen molar-refractivity contribution in [2.75, 3.05) is 0 Å². The third kappa shape index (κ3) is 9.86. The smallest absolute Gasteiger partial charge is 0.182 e. The highest BCUT2D eigenvalue weighted by Crippen LogP contribution is 2.33. The summed E-state index contributed by atoms with van der Waals surface area (Å²) in [4.78, 5) is 21.7. The molecule has 0 spiro atoms. The SMILES string of the molecule is CC1=C(C)C(=O)C=CC1=O.CCCCCCCCCCc1cccc(P(c2ccccc2)c2ccccc2)c1. The van der Waals surface area contributed by atoms with Crippen LogP contribution in [0.3, 0.4) is 0 Å². The van der Waals surface area contributed by atoms with Crippen molar-refractivity contribution in [2.45, 2.75) is 78.6 Å².